The zero-order valence-electron chi connectivity index (χ0n) is 10.5. The van der Waals surface area contributed by atoms with E-state index in [1.165, 1.54) is 4.90 Å². The van der Waals surface area contributed by atoms with Gasteiger partial charge in [0.2, 0.25) is 0 Å². The fraction of sp³-hybridized carbons (Fsp3) is 0.462. The van der Waals surface area contributed by atoms with Gasteiger partial charge >= 0.3 is 0 Å². The average molecular weight is 272 g/mol. The maximum absolute atomic E-state index is 13.5. The Morgan fingerprint density at radius 3 is 2.58 bits per heavy atom. The molecule has 1 aliphatic heterocycles. The lowest BCUT2D eigenvalue weighted by Crippen LogP contribution is -2.31. The summed E-state index contributed by atoms with van der Waals surface area (Å²) in [5, 5.41) is 3.00. The molecule has 1 aromatic rings. The summed E-state index contributed by atoms with van der Waals surface area (Å²) in [5.74, 6) is -3.77. The summed E-state index contributed by atoms with van der Waals surface area (Å²) in [6.45, 7) is 1.66. The first-order valence-electron chi connectivity index (χ1n) is 6.11. The molecular weight excluding hydrogens is 257 g/mol. The second kappa shape index (κ2) is 5.61. The average Bonchev–Trinajstić information content (AvgIpc) is 2.76. The van der Waals surface area contributed by atoms with Gasteiger partial charge in [-0.2, -0.15) is 0 Å². The highest BCUT2D eigenvalue weighted by Gasteiger charge is 2.30. The largest absolute Gasteiger partial charge is 0.338 e. The summed E-state index contributed by atoms with van der Waals surface area (Å²) in [7, 11) is 1.81. The number of hydrogen-bond donors (Lipinski definition) is 1. The Morgan fingerprint density at radius 1 is 1.37 bits per heavy atom. The molecule has 3 nitrogen and oxygen atoms in total. The van der Waals surface area contributed by atoms with Crippen molar-refractivity contribution in [3.8, 4) is 0 Å². The maximum Gasteiger partial charge on any atom is 0.259 e. The molecule has 1 aromatic carbocycles. The van der Waals surface area contributed by atoms with E-state index in [1.807, 2.05) is 7.05 Å². The normalized spacial score (nSPS) is 18.9. The quantitative estimate of drug-likeness (QED) is 0.909. The number of hydrogen-bond acceptors (Lipinski definition) is 2. The first kappa shape index (κ1) is 13.9. The van der Waals surface area contributed by atoms with Gasteiger partial charge in [-0.25, -0.2) is 13.2 Å². The second-order valence-corrected chi connectivity index (χ2v) is 4.71. The van der Waals surface area contributed by atoms with Crippen molar-refractivity contribution in [1.82, 2.24) is 10.2 Å². The lowest BCUT2D eigenvalue weighted by atomic mass is 10.1. The lowest BCUT2D eigenvalue weighted by molar-refractivity contribution is 0.0777. The van der Waals surface area contributed by atoms with Crippen LogP contribution in [0.1, 0.15) is 16.8 Å². The Balaban J connectivity index is 2.17. The van der Waals surface area contributed by atoms with Gasteiger partial charge in [0.1, 0.15) is 23.0 Å². The van der Waals surface area contributed by atoms with E-state index in [0.717, 1.165) is 13.0 Å². The Labute approximate surface area is 109 Å². The molecule has 1 aliphatic rings. The van der Waals surface area contributed by atoms with Gasteiger partial charge in [0.15, 0.2) is 0 Å². The molecule has 0 aromatic heterocycles. The van der Waals surface area contributed by atoms with E-state index >= 15 is 0 Å². The third kappa shape index (κ3) is 2.89. The number of likely N-dealkylation sites (tertiary alicyclic amines) is 1. The molecule has 0 spiro atoms. The van der Waals surface area contributed by atoms with Gasteiger partial charge in [-0.3, -0.25) is 4.79 Å². The predicted octanol–water partition coefficient (Wildman–Crippen LogP) is 1.79. The summed E-state index contributed by atoms with van der Waals surface area (Å²) >= 11 is 0. The third-order valence-electron chi connectivity index (χ3n) is 3.29. The van der Waals surface area contributed by atoms with Crippen LogP contribution >= 0.6 is 0 Å². The lowest BCUT2D eigenvalue weighted by Gasteiger charge is -2.17. The molecule has 0 saturated carbocycles. The number of nitrogens with one attached hydrogen (secondary N) is 1. The molecule has 1 atom stereocenters. The van der Waals surface area contributed by atoms with Crippen molar-refractivity contribution in [2.75, 3.05) is 26.7 Å². The molecule has 0 aliphatic carbocycles. The molecule has 0 bridgehead atoms. The molecule has 0 radical (unpaired) electrons. The Morgan fingerprint density at radius 2 is 2.00 bits per heavy atom. The van der Waals surface area contributed by atoms with Crippen LogP contribution in [0.2, 0.25) is 0 Å². The predicted molar refractivity (Wildman–Crippen MR) is 64.3 cm³/mol. The molecule has 1 amide bonds. The highest BCUT2D eigenvalue weighted by atomic mass is 19.1. The van der Waals surface area contributed by atoms with Crippen molar-refractivity contribution >= 4 is 5.91 Å². The van der Waals surface area contributed by atoms with E-state index in [2.05, 4.69) is 5.32 Å². The third-order valence-corrected chi connectivity index (χ3v) is 3.29. The van der Waals surface area contributed by atoms with Crippen molar-refractivity contribution < 1.29 is 18.0 Å². The molecule has 1 N–H and O–H groups in total. The van der Waals surface area contributed by atoms with Crippen LogP contribution in [0.5, 0.6) is 0 Å². The van der Waals surface area contributed by atoms with Gasteiger partial charge in [0.25, 0.3) is 5.91 Å². The van der Waals surface area contributed by atoms with Gasteiger partial charge in [-0.15, -0.1) is 0 Å². The second-order valence-electron chi connectivity index (χ2n) is 4.71. The van der Waals surface area contributed by atoms with Gasteiger partial charge in [0, 0.05) is 25.2 Å². The standard InChI is InChI=1S/C13H15F3N2O/c1-17-6-8-2-3-18(7-8)13(19)12-10(15)4-9(14)5-11(12)16/h4-5,8,17H,2-3,6-7H2,1H3/t8-/m1/s1. The summed E-state index contributed by atoms with van der Waals surface area (Å²) in [5.41, 5.74) is -0.675. The van der Waals surface area contributed by atoms with Crippen molar-refractivity contribution in [2.24, 2.45) is 5.92 Å². The molecule has 1 fully saturated rings. The van der Waals surface area contributed by atoms with Gasteiger partial charge in [-0.05, 0) is 25.9 Å². The zero-order valence-corrected chi connectivity index (χ0v) is 10.5. The number of nitrogens with zero attached hydrogens (tertiary/aromatic N) is 1. The number of carbonyl (C=O) groups excluding carboxylic acids is 1. The van der Waals surface area contributed by atoms with Crippen LogP contribution in [-0.2, 0) is 0 Å². The van der Waals surface area contributed by atoms with Crippen LogP contribution in [0.4, 0.5) is 13.2 Å². The smallest absolute Gasteiger partial charge is 0.259 e. The van der Waals surface area contributed by atoms with Gasteiger partial charge in [0.05, 0.1) is 0 Å². The van der Waals surface area contributed by atoms with Crippen LogP contribution in [0, 0.1) is 23.4 Å². The first-order chi connectivity index (χ1) is 9.02. The fourth-order valence-electron chi connectivity index (χ4n) is 2.38. The minimum Gasteiger partial charge on any atom is -0.338 e. The molecule has 19 heavy (non-hydrogen) atoms. The summed E-state index contributed by atoms with van der Waals surface area (Å²) < 4.78 is 39.8. The van der Waals surface area contributed by atoms with Gasteiger partial charge in [-0.1, -0.05) is 0 Å². The van der Waals surface area contributed by atoms with Crippen LogP contribution in [-0.4, -0.2) is 37.5 Å². The van der Waals surface area contributed by atoms with Crippen molar-refractivity contribution in [3.63, 3.8) is 0 Å². The van der Waals surface area contributed by atoms with E-state index in [1.54, 1.807) is 0 Å². The Bertz CT molecular complexity index is 470. The Hall–Kier alpha value is -1.56. The molecule has 2 rings (SSSR count). The highest BCUT2D eigenvalue weighted by Crippen LogP contribution is 2.22. The van der Waals surface area contributed by atoms with Crippen molar-refractivity contribution in [1.29, 1.82) is 0 Å². The summed E-state index contributed by atoms with van der Waals surface area (Å²) in [6, 6.07) is 1.05. The Kier molecular flexibility index (Phi) is 4.09. The molecule has 0 unspecified atom stereocenters. The van der Waals surface area contributed by atoms with Crippen LogP contribution in [0.25, 0.3) is 0 Å². The van der Waals surface area contributed by atoms with E-state index in [9.17, 15) is 18.0 Å². The maximum atomic E-state index is 13.5. The minimum absolute atomic E-state index is 0.278. The van der Waals surface area contributed by atoms with Crippen LogP contribution in [0.15, 0.2) is 12.1 Å². The van der Waals surface area contributed by atoms with Crippen LogP contribution < -0.4 is 5.32 Å². The topological polar surface area (TPSA) is 32.3 Å². The molecule has 1 heterocycles. The van der Waals surface area contributed by atoms with Crippen molar-refractivity contribution in [3.05, 3.63) is 35.1 Å². The zero-order chi connectivity index (χ0) is 14.0. The molecule has 6 heteroatoms. The number of rotatable bonds is 3. The van der Waals surface area contributed by atoms with E-state index in [-0.39, 0.29) is 5.92 Å². The molecule has 1 saturated heterocycles. The number of halogens is 3. The molecular formula is C13H15F3N2O. The minimum atomic E-state index is -1.15. The SMILES string of the molecule is CNC[C@H]1CCN(C(=O)c2c(F)cc(F)cc2F)C1. The van der Waals surface area contributed by atoms with Crippen LogP contribution in [0.3, 0.4) is 0 Å². The number of amides is 1. The highest BCUT2D eigenvalue weighted by molar-refractivity contribution is 5.95. The van der Waals surface area contributed by atoms with E-state index < -0.39 is 28.9 Å². The van der Waals surface area contributed by atoms with Gasteiger partial charge < -0.3 is 10.2 Å². The summed E-state index contributed by atoms with van der Waals surface area (Å²) in [4.78, 5) is 13.5. The number of carbonyl (C=O) groups is 1. The van der Waals surface area contributed by atoms with Crippen molar-refractivity contribution in [2.45, 2.75) is 6.42 Å². The van der Waals surface area contributed by atoms with E-state index in [0.29, 0.717) is 25.2 Å². The fourth-order valence-corrected chi connectivity index (χ4v) is 2.38. The molecule has 104 valence electrons. The summed E-state index contributed by atoms with van der Waals surface area (Å²) in [6.07, 6.45) is 0.789. The number of benzene rings is 1. The monoisotopic (exact) mass is 272 g/mol. The first-order valence-corrected chi connectivity index (χ1v) is 6.11. The van der Waals surface area contributed by atoms with E-state index in [4.69, 9.17) is 0 Å².